The van der Waals surface area contributed by atoms with Crippen molar-refractivity contribution in [2.24, 2.45) is 0 Å². The lowest BCUT2D eigenvalue weighted by Gasteiger charge is -2.07. The van der Waals surface area contributed by atoms with Gasteiger partial charge in [-0.15, -0.1) is 9.89 Å². The second-order valence-electron chi connectivity index (χ2n) is 3.92. The van der Waals surface area contributed by atoms with Gasteiger partial charge >= 0.3 is 6.09 Å². The van der Waals surface area contributed by atoms with Crippen molar-refractivity contribution in [3.05, 3.63) is 41.2 Å². The average molecular weight is 290 g/mol. The number of rotatable bonds is 5. The van der Waals surface area contributed by atoms with Crippen molar-refractivity contribution < 1.29 is 14.3 Å². The molecule has 1 aromatic carbocycles. The smallest absolute Gasteiger partial charge is 0.428 e. The first kappa shape index (κ1) is 14.5. The number of fused-ring (bicyclic) bond motifs is 1. The van der Waals surface area contributed by atoms with Gasteiger partial charge < -0.3 is 9.47 Å². The number of nitrogens with one attached hydrogen (secondary N) is 1. The molecule has 1 N–H and O–H groups in total. The third-order valence-electron chi connectivity index (χ3n) is 2.47. The van der Waals surface area contributed by atoms with Gasteiger partial charge in [0.1, 0.15) is 17.9 Å². The van der Waals surface area contributed by atoms with Gasteiger partial charge in [-0.1, -0.05) is 12.7 Å². The second-order valence-corrected chi connectivity index (χ2v) is 3.92. The molecule has 1 heterocycles. The summed E-state index contributed by atoms with van der Waals surface area (Å²) in [5.74, 6) is 0.592. The molecule has 2 aromatic rings. The van der Waals surface area contributed by atoms with Gasteiger partial charge in [0.15, 0.2) is 0 Å². The molecule has 0 radical (unpaired) electrons. The van der Waals surface area contributed by atoms with Crippen LogP contribution < -0.4 is 15.7 Å². The highest BCUT2D eigenvalue weighted by atomic mass is 16.6. The van der Waals surface area contributed by atoms with E-state index in [1.807, 2.05) is 6.92 Å². The number of hydrogen-bond donors (Lipinski definition) is 1. The number of nitrogens with zero attached hydrogens (tertiary/aromatic N) is 3. The molecule has 1 aromatic heterocycles. The molecule has 0 saturated heterocycles. The Balaban J connectivity index is 2.29. The number of carbonyl (C=O) groups is 1. The van der Waals surface area contributed by atoms with Crippen LogP contribution in [-0.2, 0) is 4.74 Å². The van der Waals surface area contributed by atoms with Crippen LogP contribution in [0.15, 0.2) is 35.6 Å². The minimum atomic E-state index is -0.823. The minimum absolute atomic E-state index is 0.0271. The lowest BCUT2D eigenvalue weighted by Crippen LogP contribution is -2.36. The molecular formula is C13H14N4O4. The van der Waals surface area contributed by atoms with Gasteiger partial charge in [0, 0.05) is 6.07 Å². The standard InChI is InChI=1S/C13H14N4O4/c1-3-7-21-13(19)15-17-12(18)10-6-5-9(20-4-2)8-11(10)14-16-17/h3,5-6,8H,1,4,7H2,2H3,(H,15,19). The molecule has 0 aliphatic heterocycles. The first-order valence-corrected chi connectivity index (χ1v) is 6.23. The summed E-state index contributed by atoms with van der Waals surface area (Å²) < 4.78 is 10.0. The summed E-state index contributed by atoms with van der Waals surface area (Å²) in [7, 11) is 0. The zero-order valence-corrected chi connectivity index (χ0v) is 11.4. The van der Waals surface area contributed by atoms with Gasteiger partial charge in [0.25, 0.3) is 5.56 Å². The fourth-order valence-electron chi connectivity index (χ4n) is 1.61. The summed E-state index contributed by atoms with van der Waals surface area (Å²) in [5.41, 5.74) is 2.03. The zero-order valence-electron chi connectivity index (χ0n) is 11.4. The fraction of sp³-hybridized carbons (Fsp3) is 0.231. The molecule has 0 atom stereocenters. The van der Waals surface area contributed by atoms with E-state index < -0.39 is 11.7 Å². The number of benzene rings is 1. The Labute approximate surface area is 119 Å². The van der Waals surface area contributed by atoms with E-state index in [2.05, 4.69) is 22.3 Å². The summed E-state index contributed by atoms with van der Waals surface area (Å²) in [5, 5.41) is 7.78. The molecule has 0 fully saturated rings. The van der Waals surface area contributed by atoms with Crippen LogP contribution in [0.4, 0.5) is 4.79 Å². The Morgan fingerprint density at radius 2 is 2.33 bits per heavy atom. The van der Waals surface area contributed by atoms with Crippen LogP contribution >= 0.6 is 0 Å². The number of carbonyl (C=O) groups excluding carboxylic acids is 1. The normalized spacial score (nSPS) is 10.1. The van der Waals surface area contributed by atoms with Crippen molar-refractivity contribution in [3.8, 4) is 5.75 Å². The SMILES string of the molecule is C=CCOC(=O)Nn1nnc2cc(OCC)ccc2c1=O. The Morgan fingerprint density at radius 1 is 1.52 bits per heavy atom. The summed E-state index contributed by atoms with van der Waals surface area (Å²) in [6.45, 7) is 5.80. The monoisotopic (exact) mass is 290 g/mol. The van der Waals surface area contributed by atoms with Gasteiger partial charge in [-0.25, -0.2) is 10.2 Å². The maximum Gasteiger partial charge on any atom is 0.428 e. The molecule has 0 spiro atoms. The van der Waals surface area contributed by atoms with Crippen LogP contribution in [0.2, 0.25) is 0 Å². The van der Waals surface area contributed by atoms with E-state index in [9.17, 15) is 9.59 Å². The lowest BCUT2D eigenvalue weighted by molar-refractivity contribution is 0.169. The second kappa shape index (κ2) is 6.51. The predicted molar refractivity (Wildman–Crippen MR) is 75.9 cm³/mol. The molecule has 21 heavy (non-hydrogen) atoms. The third-order valence-corrected chi connectivity index (χ3v) is 2.47. The van der Waals surface area contributed by atoms with E-state index in [1.54, 1.807) is 18.2 Å². The number of amides is 1. The zero-order chi connectivity index (χ0) is 15.2. The molecule has 1 amide bonds. The van der Waals surface area contributed by atoms with Gasteiger partial charge in [-0.05, 0) is 24.3 Å². The van der Waals surface area contributed by atoms with E-state index in [0.29, 0.717) is 28.1 Å². The van der Waals surface area contributed by atoms with E-state index in [1.165, 1.54) is 6.08 Å². The summed E-state index contributed by atoms with van der Waals surface area (Å²) in [6, 6.07) is 4.81. The molecule has 0 aliphatic carbocycles. The highest BCUT2D eigenvalue weighted by Gasteiger charge is 2.09. The molecule has 8 nitrogen and oxygen atoms in total. The Morgan fingerprint density at radius 3 is 3.05 bits per heavy atom. The van der Waals surface area contributed by atoms with Crippen molar-refractivity contribution in [1.82, 2.24) is 15.1 Å². The largest absolute Gasteiger partial charge is 0.494 e. The van der Waals surface area contributed by atoms with Gasteiger partial charge in [0.05, 0.1) is 12.0 Å². The maximum absolute atomic E-state index is 12.1. The van der Waals surface area contributed by atoms with Crippen molar-refractivity contribution in [3.63, 3.8) is 0 Å². The van der Waals surface area contributed by atoms with E-state index in [4.69, 9.17) is 9.47 Å². The van der Waals surface area contributed by atoms with Crippen LogP contribution in [0.25, 0.3) is 10.9 Å². The van der Waals surface area contributed by atoms with Gasteiger partial charge in [0.2, 0.25) is 0 Å². The number of aromatic nitrogens is 3. The van der Waals surface area contributed by atoms with Crippen molar-refractivity contribution in [2.45, 2.75) is 6.92 Å². The van der Waals surface area contributed by atoms with E-state index in [-0.39, 0.29) is 6.61 Å². The van der Waals surface area contributed by atoms with Crippen LogP contribution in [0.1, 0.15) is 6.92 Å². The van der Waals surface area contributed by atoms with Crippen molar-refractivity contribution in [2.75, 3.05) is 18.6 Å². The highest BCUT2D eigenvalue weighted by molar-refractivity contribution is 5.79. The molecule has 0 aliphatic rings. The van der Waals surface area contributed by atoms with Crippen LogP contribution in [0.5, 0.6) is 5.75 Å². The van der Waals surface area contributed by atoms with Crippen LogP contribution in [-0.4, -0.2) is 34.4 Å². The Kier molecular flexibility index (Phi) is 4.50. The van der Waals surface area contributed by atoms with E-state index >= 15 is 0 Å². The Hall–Kier alpha value is -2.90. The molecule has 110 valence electrons. The molecule has 8 heteroatoms. The summed E-state index contributed by atoms with van der Waals surface area (Å²) in [4.78, 5) is 24.2. The van der Waals surface area contributed by atoms with Crippen LogP contribution in [0.3, 0.4) is 0 Å². The molecule has 0 unspecified atom stereocenters. The van der Waals surface area contributed by atoms with Gasteiger partial charge in [-0.2, -0.15) is 0 Å². The first-order valence-electron chi connectivity index (χ1n) is 6.23. The molecule has 0 saturated carbocycles. The summed E-state index contributed by atoms with van der Waals surface area (Å²) >= 11 is 0. The molecule has 2 rings (SSSR count). The predicted octanol–water partition coefficient (Wildman–Crippen LogP) is 1.06. The van der Waals surface area contributed by atoms with Gasteiger partial charge in [-0.3, -0.25) is 4.79 Å². The number of ether oxygens (including phenoxy) is 2. The topological polar surface area (TPSA) is 95.3 Å². The summed E-state index contributed by atoms with van der Waals surface area (Å²) in [6.07, 6.45) is 0.584. The van der Waals surface area contributed by atoms with E-state index in [0.717, 1.165) is 0 Å². The van der Waals surface area contributed by atoms with Crippen LogP contribution in [0, 0.1) is 0 Å². The quantitative estimate of drug-likeness (QED) is 0.827. The highest BCUT2D eigenvalue weighted by Crippen LogP contribution is 2.15. The maximum atomic E-state index is 12.1. The third kappa shape index (κ3) is 3.35. The minimum Gasteiger partial charge on any atom is -0.494 e. The lowest BCUT2D eigenvalue weighted by atomic mass is 10.2. The first-order chi connectivity index (χ1) is 10.2. The van der Waals surface area contributed by atoms with Crippen molar-refractivity contribution in [1.29, 1.82) is 0 Å². The fourth-order valence-corrected chi connectivity index (χ4v) is 1.61. The average Bonchev–Trinajstić information content (AvgIpc) is 2.48. The van der Waals surface area contributed by atoms with Crippen molar-refractivity contribution >= 4 is 17.0 Å². The Bertz CT molecular complexity index is 726. The number of hydrogen-bond acceptors (Lipinski definition) is 6. The molecule has 0 bridgehead atoms. The molecular weight excluding hydrogens is 276 g/mol.